The molecule has 3 nitrogen and oxygen atoms in total. The standard InChI is InChI=1S/C18H27NO2/c1-13(2)21-16-7-4-14(10-17(16)20-3)11-19-12-18(8-9-18)15-5-6-15/h4,7,10,13,15,19H,5-6,8-9,11-12H2,1-3H3. The molecule has 0 spiro atoms. The van der Waals surface area contributed by atoms with E-state index in [1.807, 2.05) is 19.9 Å². The lowest BCUT2D eigenvalue weighted by Gasteiger charge is -2.17. The van der Waals surface area contributed by atoms with Crippen LogP contribution in [0.25, 0.3) is 0 Å². The molecule has 0 aliphatic heterocycles. The van der Waals surface area contributed by atoms with Gasteiger partial charge in [-0.3, -0.25) is 0 Å². The number of ether oxygens (including phenoxy) is 2. The van der Waals surface area contributed by atoms with Crippen molar-refractivity contribution < 1.29 is 9.47 Å². The van der Waals surface area contributed by atoms with Gasteiger partial charge in [0.15, 0.2) is 11.5 Å². The second-order valence-corrected chi connectivity index (χ2v) is 6.89. The van der Waals surface area contributed by atoms with Crippen molar-refractivity contribution in [2.24, 2.45) is 11.3 Å². The molecule has 2 aliphatic carbocycles. The SMILES string of the molecule is COc1cc(CNCC2(C3CC3)CC2)ccc1OC(C)C. The summed E-state index contributed by atoms with van der Waals surface area (Å²) in [5.41, 5.74) is 1.92. The number of rotatable bonds is 8. The van der Waals surface area contributed by atoms with Crippen LogP contribution >= 0.6 is 0 Å². The molecule has 0 atom stereocenters. The van der Waals surface area contributed by atoms with Gasteiger partial charge in [-0.2, -0.15) is 0 Å². The molecule has 0 saturated heterocycles. The molecule has 0 heterocycles. The maximum absolute atomic E-state index is 5.75. The minimum Gasteiger partial charge on any atom is -0.493 e. The first-order valence-electron chi connectivity index (χ1n) is 8.17. The molecule has 0 radical (unpaired) electrons. The van der Waals surface area contributed by atoms with Gasteiger partial charge in [-0.25, -0.2) is 0 Å². The van der Waals surface area contributed by atoms with E-state index in [9.17, 15) is 0 Å². The maximum atomic E-state index is 5.75. The molecule has 116 valence electrons. The lowest BCUT2D eigenvalue weighted by Crippen LogP contribution is -2.25. The molecule has 0 amide bonds. The van der Waals surface area contributed by atoms with Crippen molar-refractivity contribution in [3.8, 4) is 11.5 Å². The summed E-state index contributed by atoms with van der Waals surface area (Å²) in [5.74, 6) is 2.67. The van der Waals surface area contributed by atoms with Crippen LogP contribution in [-0.4, -0.2) is 19.8 Å². The van der Waals surface area contributed by atoms with Crippen LogP contribution in [0.3, 0.4) is 0 Å². The molecule has 1 aromatic carbocycles. The Morgan fingerprint density at radius 2 is 2.00 bits per heavy atom. The van der Waals surface area contributed by atoms with Crippen LogP contribution in [0, 0.1) is 11.3 Å². The Morgan fingerprint density at radius 3 is 2.57 bits per heavy atom. The number of methoxy groups -OCH3 is 1. The minimum atomic E-state index is 0.163. The van der Waals surface area contributed by atoms with Crippen LogP contribution in [0.15, 0.2) is 18.2 Å². The summed E-state index contributed by atoms with van der Waals surface area (Å²) in [6, 6.07) is 6.23. The third kappa shape index (κ3) is 3.52. The first-order chi connectivity index (χ1) is 10.1. The molecular weight excluding hydrogens is 262 g/mol. The van der Waals surface area contributed by atoms with Gasteiger partial charge in [0.1, 0.15) is 0 Å². The van der Waals surface area contributed by atoms with E-state index in [0.29, 0.717) is 5.41 Å². The first kappa shape index (κ1) is 14.7. The summed E-state index contributed by atoms with van der Waals surface area (Å²) < 4.78 is 11.2. The molecule has 0 unspecified atom stereocenters. The Morgan fingerprint density at radius 1 is 1.24 bits per heavy atom. The zero-order valence-electron chi connectivity index (χ0n) is 13.4. The molecule has 0 bridgehead atoms. The highest BCUT2D eigenvalue weighted by atomic mass is 16.5. The normalized spacial score (nSPS) is 19.6. The topological polar surface area (TPSA) is 30.5 Å². The highest BCUT2D eigenvalue weighted by Crippen LogP contribution is 2.60. The van der Waals surface area contributed by atoms with Crippen molar-refractivity contribution in [1.29, 1.82) is 0 Å². The molecule has 3 heteroatoms. The van der Waals surface area contributed by atoms with E-state index >= 15 is 0 Å². The molecular formula is C18H27NO2. The third-order valence-corrected chi connectivity index (χ3v) is 4.73. The highest BCUT2D eigenvalue weighted by Gasteiger charge is 2.53. The van der Waals surface area contributed by atoms with Crippen LogP contribution in [0.4, 0.5) is 0 Å². The fraction of sp³-hybridized carbons (Fsp3) is 0.667. The van der Waals surface area contributed by atoms with Gasteiger partial charge >= 0.3 is 0 Å². The third-order valence-electron chi connectivity index (χ3n) is 4.73. The summed E-state index contributed by atoms with van der Waals surface area (Å²) in [5, 5.41) is 3.64. The van der Waals surface area contributed by atoms with Crippen LogP contribution in [-0.2, 0) is 6.54 Å². The summed E-state index contributed by atoms with van der Waals surface area (Å²) in [7, 11) is 1.70. The predicted molar refractivity (Wildman–Crippen MR) is 84.9 cm³/mol. The van der Waals surface area contributed by atoms with Gasteiger partial charge in [-0.15, -0.1) is 0 Å². The second kappa shape index (κ2) is 5.88. The average Bonchev–Trinajstić information content (AvgIpc) is 3.32. The molecule has 2 aliphatic rings. The monoisotopic (exact) mass is 289 g/mol. The van der Waals surface area contributed by atoms with Crippen molar-refractivity contribution in [1.82, 2.24) is 5.32 Å². The molecule has 3 rings (SSSR count). The smallest absolute Gasteiger partial charge is 0.161 e. The minimum absolute atomic E-state index is 0.163. The van der Waals surface area contributed by atoms with E-state index in [1.165, 1.54) is 37.8 Å². The Labute approximate surface area is 128 Å². The van der Waals surface area contributed by atoms with Gasteiger partial charge < -0.3 is 14.8 Å². The van der Waals surface area contributed by atoms with Gasteiger partial charge in [0.05, 0.1) is 13.2 Å². The Hall–Kier alpha value is -1.22. The van der Waals surface area contributed by atoms with Crippen LogP contribution in [0.2, 0.25) is 0 Å². The molecule has 2 saturated carbocycles. The summed E-state index contributed by atoms with van der Waals surface area (Å²) in [6.45, 7) is 6.14. The van der Waals surface area contributed by atoms with E-state index in [2.05, 4.69) is 17.4 Å². The summed E-state index contributed by atoms with van der Waals surface area (Å²) in [6.07, 6.45) is 5.92. The Kier molecular flexibility index (Phi) is 4.12. The van der Waals surface area contributed by atoms with E-state index in [-0.39, 0.29) is 6.10 Å². The molecule has 1 N–H and O–H groups in total. The van der Waals surface area contributed by atoms with E-state index in [0.717, 1.165) is 24.0 Å². The average molecular weight is 289 g/mol. The molecule has 2 fully saturated rings. The molecule has 0 aromatic heterocycles. The first-order valence-corrected chi connectivity index (χ1v) is 8.17. The second-order valence-electron chi connectivity index (χ2n) is 6.89. The number of hydrogen-bond acceptors (Lipinski definition) is 3. The fourth-order valence-electron chi connectivity index (χ4n) is 3.21. The number of nitrogens with one attached hydrogen (secondary N) is 1. The zero-order valence-corrected chi connectivity index (χ0v) is 13.4. The zero-order chi connectivity index (χ0) is 14.9. The quantitative estimate of drug-likeness (QED) is 0.790. The van der Waals surface area contributed by atoms with E-state index in [1.54, 1.807) is 7.11 Å². The van der Waals surface area contributed by atoms with Crippen molar-refractivity contribution >= 4 is 0 Å². The van der Waals surface area contributed by atoms with Gasteiger partial charge in [0.2, 0.25) is 0 Å². The largest absolute Gasteiger partial charge is 0.493 e. The van der Waals surface area contributed by atoms with Crippen molar-refractivity contribution in [2.45, 2.75) is 52.2 Å². The maximum Gasteiger partial charge on any atom is 0.161 e. The molecule has 21 heavy (non-hydrogen) atoms. The predicted octanol–water partition coefficient (Wildman–Crippen LogP) is 3.76. The van der Waals surface area contributed by atoms with Crippen LogP contribution < -0.4 is 14.8 Å². The van der Waals surface area contributed by atoms with Gasteiger partial charge in [-0.05, 0) is 68.6 Å². The van der Waals surface area contributed by atoms with E-state index < -0.39 is 0 Å². The van der Waals surface area contributed by atoms with Crippen LogP contribution in [0.5, 0.6) is 11.5 Å². The lowest BCUT2D eigenvalue weighted by molar-refractivity contribution is 0.230. The Balaban J connectivity index is 1.55. The molecule has 1 aromatic rings. The summed E-state index contributed by atoms with van der Waals surface area (Å²) in [4.78, 5) is 0. The summed E-state index contributed by atoms with van der Waals surface area (Å²) >= 11 is 0. The number of hydrogen-bond donors (Lipinski definition) is 1. The van der Waals surface area contributed by atoms with Crippen molar-refractivity contribution in [3.05, 3.63) is 23.8 Å². The lowest BCUT2D eigenvalue weighted by atomic mass is 10.0. The number of benzene rings is 1. The van der Waals surface area contributed by atoms with Crippen LogP contribution in [0.1, 0.15) is 45.1 Å². The van der Waals surface area contributed by atoms with Gasteiger partial charge in [0, 0.05) is 13.1 Å². The van der Waals surface area contributed by atoms with Crippen molar-refractivity contribution in [2.75, 3.05) is 13.7 Å². The highest BCUT2D eigenvalue weighted by molar-refractivity contribution is 5.43. The Bertz CT molecular complexity index is 490. The van der Waals surface area contributed by atoms with Gasteiger partial charge in [0.25, 0.3) is 0 Å². The van der Waals surface area contributed by atoms with Crippen molar-refractivity contribution in [3.63, 3.8) is 0 Å². The van der Waals surface area contributed by atoms with Gasteiger partial charge in [-0.1, -0.05) is 6.07 Å². The van der Waals surface area contributed by atoms with E-state index in [4.69, 9.17) is 9.47 Å². The fourth-order valence-corrected chi connectivity index (χ4v) is 3.21.